The Kier molecular flexibility index (Phi) is 7.75. The van der Waals surface area contributed by atoms with Crippen molar-refractivity contribution in [3.05, 3.63) is 50.6 Å². The summed E-state index contributed by atoms with van der Waals surface area (Å²) in [5.41, 5.74) is 3.19. The Morgan fingerprint density at radius 2 is 2.11 bits per heavy atom. The highest BCUT2D eigenvalue weighted by atomic mass is 32.1. The van der Waals surface area contributed by atoms with E-state index in [2.05, 4.69) is 27.4 Å². The molecule has 0 saturated heterocycles. The number of rotatable bonds is 9. The molecule has 0 bridgehead atoms. The van der Waals surface area contributed by atoms with E-state index in [0.29, 0.717) is 23.8 Å². The first-order chi connectivity index (χ1) is 13.0. The zero-order valence-corrected chi connectivity index (χ0v) is 16.0. The van der Waals surface area contributed by atoms with Crippen molar-refractivity contribution in [1.82, 2.24) is 15.4 Å². The van der Waals surface area contributed by atoms with Crippen LogP contribution in [0.3, 0.4) is 0 Å². The number of aromatic amines is 2. The first kappa shape index (κ1) is 20.4. The average Bonchev–Trinajstić information content (AvgIpc) is 2.61. The second-order valence-corrected chi connectivity index (χ2v) is 6.10. The molecule has 1 aromatic carbocycles. The van der Waals surface area contributed by atoms with Gasteiger partial charge in [0.15, 0.2) is 16.3 Å². The third-order valence-electron chi connectivity index (χ3n) is 3.51. The number of H-pyrrole nitrogens is 2. The van der Waals surface area contributed by atoms with Crippen molar-refractivity contribution in [2.75, 3.05) is 13.7 Å². The van der Waals surface area contributed by atoms with Gasteiger partial charge < -0.3 is 14.5 Å². The molecule has 27 heavy (non-hydrogen) atoms. The number of carbonyl (C=O) groups excluding carboxylic acids is 1. The summed E-state index contributed by atoms with van der Waals surface area (Å²) in [6.45, 7) is 2.72. The van der Waals surface area contributed by atoms with Crippen molar-refractivity contribution < 1.29 is 14.3 Å². The lowest BCUT2D eigenvalue weighted by Crippen LogP contribution is -2.21. The van der Waals surface area contributed by atoms with Crippen molar-refractivity contribution in [3.8, 4) is 11.5 Å². The number of ether oxygens (including phenoxy) is 2. The van der Waals surface area contributed by atoms with Gasteiger partial charge in [-0.2, -0.15) is 5.10 Å². The number of hydrogen-bond acceptors (Lipinski definition) is 6. The molecule has 0 aliphatic heterocycles. The number of carbonyl (C=O) groups is 1. The van der Waals surface area contributed by atoms with Crippen LogP contribution in [0.15, 0.2) is 34.2 Å². The summed E-state index contributed by atoms with van der Waals surface area (Å²) in [5, 5.41) is 3.92. The van der Waals surface area contributed by atoms with E-state index >= 15 is 0 Å². The number of methoxy groups -OCH3 is 1. The Morgan fingerprint density at radius 3 is 2.81 bits per heavy atom. The van der Waals surface area contributed by atoms with Crippen LogP contribution in [0, 0.1) is 4.77 Å². The van der Waals surface area contributed by atoms with Gasteiger partial charge >= 0.3 is 0 Å². The van der Waals surface area contributed by atoms with E-state index < -0.39 is 0 Å². The van der Waals surface area contributed by atoms with E-state index in [0.717, 1.165) is 18.4 Å². The molecule has 9 heteroatoms. The van der Waals surface area contributed by atoms with Gasteiger partial charge in [-0.05, 0) is 42.4 Å². The fourth-order valence-corrected chi connectivity index (χ4v) is 2.45. The number of unbranched alkanes of at least 4 members (excludes halogenated alkanes) is 1. The zero-order valence-electron chi connectivity index (χ0n) is 15.2. The number of hydrogen-bond donors (Lipinski definition) is 3. The van der Waals surface area contributed by atoms with Gasteiger partial charge in [-0.25, -0.2) is 5.43 Å². The fourth-order valence-electron chi connectivity index (χ4n) is 2.22. The van der Waals surface area contributed by atoms with Crippen molar-refractivity contribution >= 4 is 24.3 Å². The molecule has 0 atom stereocenters. The van der Waals surface area contributed by atoms with Crippen LogP contribution >= 0.6 is 12.2 Å². The highest BCUT2D eigenvalue weighted by Gasteiger charge is 2.06. The van der Waals surface area contributed by atoms with Crippen LogP contribution in [-0.2, 0) is 11.2 Å². The lowest BCUT2D eigenvalue weighted by Gasteiger charge is -2.10. The lowest BCUT2D eigenvalue weighted by atomic mass is 10.2. The lowest BCUT2D eigenvalue weighted by molar-refractivity contribution is -0.120. The first-order valence-electron chi connectivity index (χ1n) is 8.47. The van der Waals surface area contributed by atoms with Gasteiger partial charge in [-0.3, -0.25) is 14.6 Å². The van der Waals surface area contributed by atoms with Gasteiger partial charge in [-0.1, -0.05) is 13.3 Å². The molecular formula is C18H22N4O4S. The number of hydrazone groups is 1. The molecule has 0 radical (unpaired) electrons. The van der Waals surface area contributed by atoms with Gasteiger partial charge in [0, 0.05) is 11.8 Å². The molecule has 1 amide bonds. The number of benzene rings is 1. The molecule has 2 aromatic rings. The Hall–Kier alpha value is -2.94. The predicted octanol–water partition coefficient (Wildman–Crippen LogP) is 2.31. The van der Waals surface area contributed by atoms with Crippen molar-refractivity contribution in [1.29, 1.82) is 0 Å². The number of nitrogens with one attached hydrogen (secondary N) is 3. The molecular weight excluding hydrogens is 368 g/mol. The monoisotopic (exact) mass is 390 g/mol. The van der Waals surface area contributed by atoms with E-state index in [1.54, 1.807) is 19.2 Å². The summed E-state index contributed by atoms with van der Waals surface area (Å²) in [7, 11) is 1.57. The first-order valence-corrected chi connectivity index (χ1v) is 8.88. The normalized spacial score (nSPS) is 10.7. The maximum absolute atomic E-state index is 11.9. The molecule has 0 unspecified atom stereocenters. The summed E-state index contributed by atoms with van der Waals surface area (Å²) >= 11 is 4.86. The smallest absolute Gasteiger partial charge is 0.251 e. The van der Waals surface area contributed by atoms with Crippen LogP contribution < -0.4 is 20.5 Å². The summed E-state index contributed by atoms with van der Waals surface area (Å²) in [6, 6.07) is 6.66. The van der Waals surface area contributed by atoms with E-state index in [4.69, 9.17) is 21.7 Å². The van der Waals surface area contributed by atoms with Gasteiger partial charge in [-0.15, -0.1) is 0 Å². The van der Waals surface area contributed by atoms with Crippen LogP contribution in [-0.4, -0.2) is 35.8 Å². The van der Waals surface area contributed by atoms with E-state index in [-0.39, 0.29) is 22.7 Å². The standard InChI is InChI=1S/C18H22N4O4S/c1-3-4-7-26-14-6-5-12(8-15(14)25-2)11-19-22-17(24)10-13-9-16(23)21-18(27)20-13/h5-6,8-9,11H,3-4,7,10H2,1-2H3,(H,22,24)(H2,20,21,23,27)/b19-11-. The summed E-state index contributed by atoms with van der Waals surface area (Å²) in [6.07, 6.45) is 3.47. The largest absolute Gasteiger partial charge is 0.493 e. The summed E-state index contributed by atoms with van der Waals surface area (Å²) in [5.74, 6) is 0.878. The van der Waals surface area contributed by atoms with Crippen LogP contribution in [0.2, 0.25) is 0 Å². The second kappa shape index (κ2) is 10.3. The maximum Gasteiger partial charge on any atom is 0.251 e. The van der Waals surface area contributed by atoms with Crippen molar-refractivity contribution in [3.63, 3.8) is 0 Å². The van der Waals surface area contributed by atoms with Crippen molar-refractivity contribution in [2.24, 2.45) is 5.10 Å². The maximum atomic E-state index is 11.9. The molecule has 1 aromatic heterocycles. The highest BCUT2D eigenvalue weighted by molar-refractivity contribution is 7.71. The minimum Gasteiger partial charge on any atom is -0.493 e. The molecule has 0 aliphatic rings. The van der Waals surface area contributed by atoms with Gasteiger partial charge in [0.1, 0.15) is 0 Å². The third-order valence-corrected chi connectivity index (χ3v) is 3.72. The van der Waals surface area contributed by atoms with Crippen molar-refractivity contribution in [2.45, 2.75) is 26.2 Å². The Morgan fingerprint density at radius 1 is 1.30 bits per heavy atom. The molecule has 0 aliphatic carbocycles. The second-order valence-electron chi connectivity index (χ2n) is 5.70. The highest BCUT2D eigenvalue weighted by Crippen LogP contribution is 2.27. The predicted molar refractivity (Wildman–Crippen MR) is 105 cm³/mol. The quantitative estimate of drug-likeness (QED) is 0.263. The Labute approximate surface area is 161 Å². The molecule has 1 heterocycles. The molecule has 0 spiro atoms. The topological polar surface area (TPSA) is 109 Å². The average molecular weight is 390 g/mol. The summed E-state index contributed by atoms with van der Waals surface area (Å²) in [4.78, 5) is 28.4. The van der Waals surface area contributed by atoms with Crippen LogP contribution in [0.1, 0.15) is 31.0 Å². The Balaban J connectivity index is 1.95. The molecule has 144 valence electrons. The molecule has 3 N–H and O–H groups in total. The number of nitrogens with zero attached hydrogens (tertiary/aromatic N) is 1. The van der Waals surface area contributed by atoms with Crippen LogP contribution in [0.25, 0.3) is 0 Å². The molecule has 8 nitrogen and oxygen atoms in total. The third kappa shape index (κ3) is 6.70. The van der Waals surface area contributed by atoms with E-state index in [1.165, 1.54) is 12.3 Å². The molecule has 2 rings (SSSR count). The SMILES string of the molecule is CCCCOc1ccc(/C=N\NC(=O)Cc2cc(=O)[nH]c(=S)[nH]2)cc1OC. The molecule has 0 fully saturated rings. The number of amides is 1. The Bertz CT molecular complexity index is 892. The van der Waals surface area contributed by atoms with Gasteiger partial charge in [0.2, 0.25) is 5.91 Å². The van der Waals surface area contributed by atoms with E-state index in [1.807, 2.05) is 6.07 Å². The minimum absolute atomic E-state index is 0.0432. The zero-order chi connectivity index (χ0) is 19.6. The van der Waals surface area contributed by atoms with Crippen LogP contribution in [0.5, 0.6) is 11.5 Å². The molecule has 0 saturated carbocycles. The number of aromatic nitrogens is 2. The fraction of sp³-hybridized carbons (Fsp3) is 0.333. The summed E-state index contributed by atoms with van der Waals surface area (Å²) < 4.78 is 11.2. The van der Waals surface area contributed by atoms with E-state index in [9.17, 15) is 9.59 Å². The minimum atomic E-state index is -0.381. The van der Waals surface area contributed by atoms with Crippen LogP contribution in [0.4, 0.5) is 0 Å². The van der Waals surface area contributed by atoms with Gasteiger partial charge in [0.05, 0.1) is 26.4 Å². The van der Waals surface area contributed by atoms with Gasteiger partial charge in [0.25, 0.3) is 5.56 Å².